The molecule has 0 nitrogen and oxygen atoms in total. The Kier molecular flexibility index (Phi) is 145. The van der Waals surface area contributed by atoms with E-state index in [-0.39, 0.29) is 58.9 Å². The first-order chi connectivity index (χ1) is 4.41. The fraction of sp³-hybridized carbons (Fsp3) is 0.154. The molecule has 0 aliphatic heterocycles. The molecule has 1 aliphatic rings. The Morgan fingerprint density at radius 1 is 1.20 bits per heavy atom. The van der Waals surface area contributed by atoms with E-state index in [1.165, 1.54) is 0 Å². The van der Waals surface area contributed by atoms with E-state index in [9.17, 15) is 0 Å². The van der Waals surface area contributed by atoms with Crippen LogP contribution in [0.5, 0.6) is 0 Å². The van der Waals surface area contributed by atoms with Crippen molar-refractivity contribution in [2.24, 2.45) is 0 Å². The van der Waals surface area contributed by atoms with Gasteiger partial charge in [-0.2, -0.15) is 6.08 Å². The Balaban J connectivity index is -0.0000000124. The summed E-state index contributed by atoms with van der Waals surface area (Å²) in [5.41, 5.74) is 0. The number of rotatable bonds is 1. The van der Waals surface area contributed by atoms with Gasteiger partial charge in [0.15, 0.2) is 0 Å². The van der Waals surface area contributed by atoms with Crippen LogP contribution in [0.2, 0.25) is 0 Å². The predicted octanol–water partition coefficient (Wildman–Crippen LogP) is 4.97. The fourth-order valence-electron chi connectivity index (χ4n) is 0.340. The minimum absolute atomic E-state index is 0. The van der Waals surface area contributed by atoms with E-state index in [1.54, 1.807) is 6.08 Å². The van der Waals surface area contributed by atoms with Crippen LogP contribution in [-0.2, 0) is 21.7 Å². The monoisotopic (exact) mass is 264 g/mol. The van der Waals surface area contributed by atoms with Crippen LogP contribution < -0.4 is 0 Å². The van der Waals surface area contributed by atoms with Gasteiger partial charge in [-0.25, -0.2) is 12.2 Å². The number of hydrogen-bond acceptors (Lipinski definition) is 0. The molecule has 0 fully saturated rings. The molecule has 0 amide bonds. The van der Waals surface area contributed by atoms with Crippen molar-refractivity contribution in [3.05, 3.63) is 74.1 Å². The molecule has 0 aromatic carbocycles. The molecular weight excluding hydrogens is 239 g/mol. The summed E-state index contributed by atoms with van der Waals surface area (Å²) in [4.78, 5) is 0. The molecule has 0 unspecified atom stereocenters. The van der Waals surface area contributed by atoms with Gasteiger partial charge in [0.05, 0.1) is 0 Å². The third-order valence-electron chi connectivity index (χ3n) is 0.695. The molecule has 1 rings (SSSR count). The van der Waals surface area contributed by atoms with Gasteiger partial charge in [0.1, 0.15) is 0 Å². The average molecular weight is 265 g/mol. The van der Waals surface area contributed by atoms with Crippen LogP contribution in [0.1, 0.15) is 6.42 Å². The second-order valence-electron chi connectivity index (χ2n) is 1.45. The van der Waals surface area contributed by atoms with Crippen LogP contribution in [0.3, 0.4) is 0 Å². The molecule has 0 radical (unpaired) electrons. The summed E-state index contributed by atoms with van der Waals surface area (Å²) in [5.74, 6) is 0.556. The van der Waals surface area contributed by atoms with Crippen molar-refractivity contribution >= 4 is 11.6 Å². The first-order valence-electron chi connectivity index (χ1n) is 2.80. The topological polar surface area (TPSA) is 0 Å². The Hall–Kier alpha value is 0.224. The van der Waals surface area contributed by atoms with Gasteiger partial charge in [0.25, 0.3) is 0 Å². The quantitative estimate of drug-likeness (QED) is 0.272. The minimum Gasteiger partial charge on any atom is -0.358 e. The maximum atomic E-state index is 5.07. The zero-order valence-electron chi connectivity index (χ0n) is 10.8. The molecular formula is C13H25ClTi-6. The average Bonchev–Trinajstić information content (AvgIpc) is 2.43. The first-order valence-corrected chi connectivity index (χ1v) is 3.34. The van der Waals surface area contributed by atoms with E-state index >= 15 is 0 Å². The molecule has 0 saturated carbocycles. The van der Waals surface area contributed by atoms with E-state index in [1.807, 2.05) is 12.2 Å². The van der Waals surface area contributed by atoms with Crippen LogP contribution in [0, 0.1) is 43.2 Å². The smallest absolute Gasteiger partial charge is 0.0401 e. The predicted molar refractivity (Wildman–Crippen MR) is 74.6 cm³/mol. The summed E-state index contributed by atoms with van der Waals surface area (Å²) < 4.78 is 0. The van der Waals surface area contributed by atoms with Gasteiger partial charge < -0.3 is 37.1 Å². The van der Waals surface area contributed by atoms with Crippen molar-refractivity contribution in [2.75, 3.05) is 5.88 Å². The summed E-state index contributed by atoms with van der Waals surface area (Å²) in [6.07, 6.45) is 11.6. The zero-order valence-corrected chi connectivity index (χ0v) is 13.1. The number of allylic oxidation sites excluding steroid dienone is 5. The SMILES string of the molecule is C=CCCl.[C-]1=CC=CC1.[CH3-].[CH3-].[CH3-].[CH3-].[CH3-].[Ti]. The van der Waals surface area contributed by atoms with Crippen molar-refractivity contribution in [3.8, 4) is 0 Å². The van der Waals surface area contributed by atoms with Gasteiger partial charge in [0.2, 0.25) is 0 Å². The van der Waals surface area contributed by atoms with Crippen LogP contribution in [0.25, 0.3) is 0 Å². The molecule has 2 heteroatoms. The van der Waals surface area contributed by atoms with E-state index in [4.69, 9.17) is 11.6 Å². The molecule has 0 N–H and O–H groups in total. The summed E-state index contributed by atoms with van der Waals surface area (Å²) in [5, 5.41) is 0. The Bertz CT molecular complexity index is 108. The molecule has 15 heavy (non-hydrogen) atoms. The van der Waals surface area contributed by atoms with Crippen LogP contribution in [-0.4, -0.2) is 5.88 Å². The largest absolute Gasteiger partial charge is 0.358 e. The molecule has 0 bridgehead atoms. The van der Waals surface area contributed by atoms with Crippen molar-refractivity contribution in [1.29, 1.82) is 0 Å². The molecule has 0 aromatic heterocycles. The Labute approximate surface area is 119 Å². The molecule has 0 atom stereocenters. The fourth-order valence-corrected chi connectivity index (χ4v) is 0.340. The third kappa shape index (κ3) is 54.9. The normalized spacial score (nSPS) is 7.53. The van der Waals surface area contributed by atoms with Gasteiger partial charge in [-0.05, 0) is 0 Å². The molecule has 0 aromatic rings. The van der Waals surface area contributed by atoms with Crippen LogP contribution >= 0.6 is 11.6 Å². The first kappa shape index (κ1) is 45.5. The third-order valence-corrected chi connectivity index (χ3v) is 0.913. The van der Waals surface area contributed by atoms with E-state index in [0.717, 1.165) is 6.42 Å². The number of alkyl halides is 1. The summed E-state index contributed by atoms with van der Waals surface area (Å²) >= 11 is 5.07. The van der Waals surface area contributed by atoms with Crippen molar-refractivity contribution in [3.63, 3.8) is 0 Å². The van der Waals surface area contributed by atoms with E-state index in [0.29, 0.717) is 5.88 Å². The zero-order chi connectivity index (χ0) is 6.95. The maximum absolute atomic E-state index is 5.07. The van der Waals surface area contributed by atoms with Gasteiger partial charge in [-0.1, -0.05) is 6.08 Å². The van der Waals surface area contributed by atoms with Crippen molar-refractivity contribution in [1.82, 2.24) is 0 Å². The van der Waals surface area contributed by atoms with Gasteiger partial charge in [-0.15, -0.1) is 24.6 Å². The Morgan fingerprint density at radius 3 is 1.67 bits per heavy atom. The van der Waals surface area contributed by atoms with Crippen molar-refractivity contribution in [2.45, 2.75) is 6.42 Å². The Morgan fingerprint density at radius 2 is 1.60 bits per heavy atom. The standard InChI is InChI=1S/C5H5.C3H5Cl.5CH3.Ti/c1-2-4-5-3-1;1-2-3-4;;;;;;/h1-3H,4H2;2H,1,3H2;5*1H3;/q-1;;5*-1;. The van der Waals surface area contributed by atoms with Gasteiger partial charge in [-0.3, -0.25) is 6.08 Å². The maximum Gasteiger partial charge on any atom is 0.0401 e. The number of hydrogen-bond donors (Lipinski definition) is 0. The van der Waals surface area contributed by atoms with Gasteiger partial charge >= 0.3 is 0 Å². The molecule has 1 aliphatic carbocycles. The second-order valence-corrected chi connectivity index (χ2v) is 1.75. The summed E-state index contributed by atoms with van der Waals surface area (Å²) in [6.45, 7) is 3.35. The second kappa shape index (κ2) is 47.7. The van der Waals surface area contributed by atoms with Crippen LogP contribution in [0.4, 0.5) is 0 Å². The summed E-state index contributed by atoms with van der Waals surface area (Å²) in [7, 11) is 0. The molecule has 0 heterocycles. The van der Waals surface area contributed by atoms with Crippen molar-refractivity contribution < 1.29 is 21.7 Å². The van der Waals surface area contributed by atoms with Crippen LogP contribution in [0.15, 0.2) is 30.9 Å². The van der Waals surface area contributed by atoms with E-state index < -0.39 is 0 Å². The van der Waals surface area contributed by atoms with Gasteiger partial charge in [0, 0.05) is 27.6 Å². The number of halogens is 1. The summed E-state index contributed by atoms with van der Waals surface area (Å²) in [6, 6.07) is 0. The molecule has 0 saturated heterocycles. The van der Waals surface area contributed by atoms with E-state index in [2.05, 4.69) is 18.7 Å². The minimum atomic E-state index is 0. The molecule has 94 valence electrons. The molecule has 0 spiro atoms.